The Hall–Kier alpha value is -2.31. The summed E-state index contributed by atoms with van der Waals surface area (Å²) in [7, 11) is 0. The summed E-state index contributed by atoms with van der Waals surface area (Å²) >= 11 is 0. The Balaban J connectivity index is 4.77. The number of hydrogen-bond donors (Lipinski definition) is 1. The van der Waals surface area contributed by atoms with Crippen molar-refractivity contribution in [1.82, 2.24) is 9.80 Å². The predicted octanol–water partition coefficient (Wildman–Crippen LogP) is 12.4. The van der Waals surface area contributed by atoms with Gasteiger partial charge < -0.3 is 43.3 Å². The first-order valence-corrected chi connectivity index (χ1v) is 24.9. The Morgan fingerprint density at radius 1 is 0.300 bits per heavy atom. The van der Waals surface area contributed by atoms with Crippen molar-refractivity contribution in [2.75, 3.05) is 85.5 Å². The second kappa shape index (κ2) is 47.7. The maximum absolute atomic E-state index is 12.1. The Labute approximate surface area is 367 Å². The third-order valence-electron chi connectivity index (χ3n) is 10.8. The van der Waals surface area contributed by atoms with Gasteiger partial charge in [-0.25, -0.2) is 14.4 Å². The molecule has 0 bridgehead atoms. The molecule has 0 aromatic carbocycles. The van der Waals surface area contributed by atoms with Crippen LogP contribution in [0.3, 0.4) is 0 Å². The van der Waals surface area contributed by atoms with Gasteiger partial charge in [0.2, 0.25) is 0 Å². The Kier molecular flexibility index (Phi) is 45.9. The molecule has 0 unspecified atom stereocenters. The molecule has 0 aliphatic heterocycles. The van der Waals surface area contributed by atoms with Crippen molar-refractivity contribution in [3.63, 3.8) is 0 Å². The fraction of sp³-hybridized carbons (Fsp3) is 0.938. The van der Waals surface area contributed by atoms with Crippen LogP contribution in [0.4, 0.5) is 14.4 Å². The largest absolute Gasteiger partial charge is 0.508 e. The number of aliphatic hydroxyl groups is 1. The van der Waals surface area contributed by atoms with Gasteiger partial charge in [0.25, 0.3) is 0 Å². The molecule has 60 heavy (non-hydrogen) atoms. The molecule has 0 spiro atoms. The summed E-state index contributed by atoms with van der Waals surface area (Å²) in [4.78, 5) is 41.1. The number of ether oxygens (including phenoxy) is 6. The maximum atomic E-state index is 12.1. The standard InChI is InChI=1S/C48H94N2O10/c1-4-7-10-13-18-26-40-55-46(52)58-43-29-22-34-49(33-21-16-17-25-39-51)37-32-38-50(35-23-30-44-59-47(53)56-41-27-19-14-11-8-5-2)36-24-31-45-60-48(54)57-42-28-20-15-12-9-6-3/h51H,4-45H2,1-3H3. The normalized spacial score (nSPS) is 11.3. The molecule has 0 aromatic heterocycles. The van der Waals surface area contributed by atoms with E-state index in [0.29, 0.717) is 39.6 Å². The Bertz CT molecular complexity index is 888. The highest BCUT2D eigenvalue weighted by atomic mass is 16.7. The van der Waals surface area contributed by atoms with Crippen molar-refractivity contribution in [2.45, 2.75) is 207 Å². The van der Waals surface area contributed by atoms with Gasteiger partial charge in [0, 0.05) is 6.61 Å². The predicted molar refractivity (Wildman–Crippen MR) is 243 cm³/mol. The van der Waals surface area contributed by atoms with Crippen LogP contribution >= 0.6 is 0 Å². The minimum atomic E-state index is -0.572. The van der Waals surface area contributed by atoms with E-state index in [4.69, 9.17) is 28.4 Å². The van der Waals surface area contributed by atoms with Crippen molar-refractivity contribution >= 4 is 18.5 Å². The fourth-order valence-electron chi connectivity index (χ4n) is 7.01. The molecule has 12 heteroatoms. The zero-order valence-electron chi connectivity index (χ0n) is 39.2. The minimum absolute atomic E-state index is 0.242. The molecule has 0 aliphatic rings. The number of carbonyl (C=O) groups excluding carboxylic acids is 3. The van der Waals surface area contributed by atoms with Gasteiger partial charge in [-0.3, -0.25) is 0 Å². The van der Waals surface area contributed by atoms with Gasteiger partial charge in [0.05, 0.1) is 39.6 Å². The van der Waals surface area contributed by atoms with Gasteiger partial charge in [-0.1, -0.05) is 130 Å². The molecule has 0 atom stereocenters. The molecule has 0 radical (unpaired) electrons. The van der Waals surface area contributed by atoms with Crippen LogP contribution in [0.25, 0.3) is 0 Å². The van der Waals surface area contributed by atoms with Gasteiger partial charge in [0.15, 0.2) is 0 Å². The summed E-state index contributed by atoms with van der Waals surface area (Å²) in [6, 6.07) is 0. The number of hydrogen-bond acceptors (Lipinski definition) is 12. The molecule has 0 saturated carbocycles. The topological polar surface area (TPSA) is 133 Å². The summed E-state index contributed by atoms with van der Waals surface area (Å²) in [6.07, 6.45) is 29.0. The smallest absolute Gasteiger partial charge is 0.434 e. The number of unbranched alkanes of at least 4 members (excludes halogenated alkanes) is 21. The zero-order valence-corrected chi connectivity index (χ0v) is 39.2. The van der Waals surface area contributed by atoms with E-state index in [1.807, 2.05) is 0 Å². The summed E-state index contributed by atoms with van der Waals surface area (Å²) in [5.74, 6) is 0. The number of aliphatic hydroxyl groups excluding tert-OH is 1. The molecule has 12 nitrogen and oxygen atoms in total. The zero-order chi connectivity index (χ0) is 43.8. The van der Waals surface area contributed by atoms with E-state index in [2.05, 4.69) is 30.6 Å². The first-order chi connectivity index (χ1) is 29.5. The number of nitrogens with zero attached hydrogens (tertiary/aromatic N) is 2. The lowest BCUT2D eigenvalue weighted by atomic mass is 10.1. The second-order valence-corrected chi connectivity index (χ2v) is 16.4. The summed E-state index contributed by atoms with van der Waals surface area (Å²) in [6.45, 7) is 14.8. The Morgan fingerprint density at radius 2 is 0.517 bits per heavy atom. The molecular weight excluding hydrogens is 765 g/mol. The van der Waals surface area contributed by atoms with Gasteiger partial charge >= 0.3 is 18.5 Å². The summed E-state index contributed by atoms with van der Waals surface area (Å²) in [5, 5.41) is 9.20. The van der Waals surface area contributed by atoms with Gasteiger partial charge in [-0.2, -0.15) is 0 Å². The highest BCUT2D eigenvalue weighted by Crippen LogP contribution is 2.10. The molecule has 356 valence electrons. The molecule has 0 saturated heterocycles. The van der Waals surface area contributed by atoms with Crippen LogP contribution in [0.2, 0.25) is 0 Å². The van der Waals surface area contributed by atoms with Crippen molar-refractivity contribution in [3.05, 3.63) is 0 Å². The molecule has 0 rings (SSSR count). The lowest BCUT2D eigenvalue weighted by Gasteiger charge is -2.26. The van der Waals surface area contributed by atoms with Crippen LogP contribution in [0.15, 0.2) is 0 Å². The molecule has 0 amide bonds. The van der Waals surface area contributed by atoms with Crippen LogP contribution in [0.1, 0.15) is 207 Å². The summed E-state index contributed by atoms with van der Waals surface area (Å²) in [5.41, 5.74) is 0. The monoisotopic (exact) mass is 859 g/mol. The molecule has 0 heterocycles. The minimum Gasteiger partial charge on any atom is -0.434 e. The summed E-state index contributed by atoms with van der Waals surface area (Å²) < 4.78 is 31.8. The first kappa shape index (κ1) is 57.7. The third-order valence-corrected chi connectivity index (χ3v) is 10.8. The van der Waals surface area contributed by atoms with E-state index < -0.39 is 18.5 Å². The van der Waals surface area contributed by atoms with E-state index in [1.54, 1.807) is 0 Å². The van der Waals surface area contributed by atoms with Crippen LogP contribution in [-0.2, 0) is 28.4 Å². The lowest BCUT2D eigenvalue weighted by molar-refractivity contribution is 0.0513. The van der Waals surface area contributed by atoms with Crippen molar-refractivity contribution < 1.29 is 47.9 Å². The highest BCUT2D eigenvalue weighted by Gasteiger charge is 2.11. The SMILES string of the molecule is CCCCCCCCOC(=O)OCCCCN(CCCCCCO)CCCN(CCCCOC(=O)OCCCCCCCC)CCCCOC(=O)OCCCCCCCC. The van der Waals surface area contributed by atoms with Crippen molar-refractivity contribution in [2.24, 2.45) is 0 Å². The van der Waals surface area contributed by atoms with Crippen LogP contribution in [0.5, 0.6) is 0 Å². The van der Waals surface area contributed by atoms with Crippen LogP contribution < -0.4 is 0 Å². The van der Waals surface area contributed by atoms with E-state index in [-0.39, 0.29) is 6.61 Å². The van der Waals surface area contributed by atoms with Crippen molar-refractivity contribution in [1.29, 1.82) is 0 Å². The van der Waals surface area contributed by atoms with Gasteiger partial charge in [-0.15, -0.1) is 0 Å². The van der Waals surface area contributed by atoms with Crippen LogP contribution in [-0.4, -0.2) is 119 Å². The average molecular weight is 859 g/mol. The molecule has 0 aromatic rings. The molecule has 1 N–H and O–H groups in total. The van der Waals surface area contributed by atoms with Crippen molar-refractivity contribution in [3.8, 4) is 0 Å². The molecular formula is C48H94N2O10. The first-order valence-electron chi connectivity index (χ1n) is 24.9. The number of carbonyl (C=O) groups is 3. The second-order valence-electron chi connectivity index (χ2n) is 16.4. The van der Waals surface area contributed by atoms with E-state index >= 15 is 0 Å². The average Bonchev–Trinajstić information content (AvgIpc) is 3.24. The quantitative estimate of drug-likeness (QED) is 0.0355. The van der Waals surface area contributed by atoms with Gasteiger partial charge in [-0.05, 0) is 116 Å². The van der Waals surface area contributed by atoms with E-state index in [9.17, 15) is 19.5 Å². The molecule has 0 aliphatic carbocycles. The maximum Gasteiger partial charge on any atom is 0.508 e. The molecule has 0 fully saturated rings. The van der Waals surface area contributed by atoms with E-state index in [0.717, 1.165) is 148 Å². The van der Waals surface area contributed by atoms with E-state index in [1.165, 1.54) is 77.0 Å². The fourth-order valence-corrected chi connectivity index (χ4v) is 7.01. The number of rotatable bonds is 46. The Morgan fingerprint density at radius 3 is 0.817 bits per heavy atom. The lowest BCUT2D eigenvalue weighted by Crippen LogP contribution is -2.33. The van der Waals surface area contributed by atoms with Crippen LogP contribution in [0, 0.1) is 0 Å². The third kappa shape index (κ3) is 43.8. The highest BCUT2D eigenvalue weighted by molar-refractivity contribution is 5.60. The van der Waals surface area contributed by atoms with Gasteiger partial charge in [0.1, 0.15) is 0 Å².